The first-order chi connectivity index (χ1) is 11.2. The van der Waals surface area contributed by atoms with E-state index in [0.717, 1.165) is 64.2 Å². The monoisotopic (exact) mass is 342 g/mol. The van der Waals surface area contributed by atoms with Crippen molar-refractivity contribution in [1.82, 2.24) is 0 Å². The lowest BCUT2D eigenvalue weighted by Crippen LogP contribution is -2.32. The fraction of sp³-hybridized carbons (Fsp3) is 0.900. The van der Waals surface area contributed by atoms with Gasteiger partial charge >= 0.3 is 11.9 Å². The molecule has 0 aromatic carbocycles. The Hall–Kier alpha value is -1.06. The predicted octanol–water partition coefficient (Wildman–Crippen LogP) is 5.75. The minimum Gasteiger partial charge on any atom is -0.481 e. The van der Waals surface area contributed by atoms with E-state index in [2.05, 4.69) is 27.7 Å². The van der Waals surface area contributed by atoms with Gasteiger partial charge in [0.2, 0.25) is 0 Å². The van der Waals surface area contributed by atoms with E-state index in [0.29, 0.717) is 11.8 Å². The quantitative estimate of drug-likeness (QED) is 0.372. The highest BCUT2D eigenvalue weighted by molar-refractivity contribution is 5.74. The smallest absolute Gasteiger partial charge is 0.309 e. The third kappa shape index (κ3) is 10.7. The molecule has 0 unspecified atom stereocenters. The third-order valence-electron chi connectivity index (χ3n) is 4.90. The molecular formula is C20H38O4. The average Bonchev–Trinajstić information content (AvgIpc) is 2.47. The molecule has 2 N–H and O–H groups in total. The molecule has 142 valence electrons. The van der Waals surface area contributed by atoms with Gasteiger partial charge in [0.25, 0.3) is 0 Å². The molecule has 0 fully saturated rings. The lowest BCUT2D eigenvalue weighted by atomic mass is 9.73. The van der Waals surface area contributed by atoms with Gasteiger partial charge in [-0.3, -0.25) is 9.59 Å². The molecule has 0 saturated carbocycles. The Bertz CT molecular complexity index is 349. The highest BCUT2D eigenvalue weighted by Gasteiger charge is 2.37. The summed E-state index contributed by atoms with van der Waals surface area (Å²) >= 11 is 0. The summed E-state index contributed by atoms with van der Waals surface area (Å²) in [4.78, 5) is 22.5. The molecule has 0 aliphatic heterocycles. The van der Waals surface area contributed by atoms with E-state index >= 15 is 0 Å². The summed E-state index contributed by atoms with van der Waals surface area (Å²) in [6, 6.07) is 0. The van der Waals surface area contributed by atoms with E-state index in [4.69, 9.17) is 5.11 Å². The molecule has 0 bridgehead atoms. The van der Waals surface area contributed by atoms with Crippen LogP contribution in [0.2, 0.25) is 0 Å². The van der Waals surface area contributed by atoms with Crippen LogP contribution in [0, 0.1) is 17.3 Å². The molecule has 4 nitrogen and oxygen atoms in total. The number of aliphatic carboxylic acids is 2. The summed E-state index contributed by atoms with van der Waals surface area (Å²) in [5.41, 5.74) is -0.574. The van der Waals surface area contributed by atoms with Gasteiger partial charge < -0.3 is 10.2 Å². The molecule has 0 aliphatic carbocycles. The highest BCUT2D eigenvalue weighted by Crippen LogP contribution is 2.38. The van der Waals surface area contributed by atoms with Gasteiger partial charge in [-0.2, -0.15) is 0 Å². The SMILES string of the molecule is CC(C)CCC(CCCCCCCC(=O)O)(CCC(C)C)C(=O)O. The fourth-order valence-electron chi connectivity index (χ4n) is 3.10. The summed E-state index contributed by atoms with van der Waals surface area (Å²) in [5, 5.41) is 18.5. The van der Waals surface area contributed by atoms with Gasteiger partial charge in [0, 0.05) is 6.42 Å². The van der Waals surface area contributed by atoms with E-state index in [1.54, 1.807) is 0 Å². The van der Waals surface area contributed by atoms with Crippen LogP contribution in [0.3, 0.4) is 0 Å². The van der Waals surface area contributed by atoms with Crippen LogP contribution < -0.4 is 0 Å². The lowest BCUT2D eigenvalue weighted by Gasteiger charge is -2.31. The molecular weight excluding hydrogens is 304 g/mol. The predicted molar refractivity (Wildman–Crippen MR) is 98.2 cm³/mol. The standard InChI is InChI=1S/C20H38O4/c1-16(2)11-14-20(19(23)24,15-12-17(3)4)13-9-7-5-6-8-10-18(21)22/h16-17H,5-15H2,1-4H3,(H,21,22)(H,23,24). The molecule has 0 spiro atoms. The molecule has 0 aromatic heterocycles. The van der Waals surface area contributed by atoms with Crippen molar-refractivity contribution >= 4 is 11.9 Å². The summed E-state index contributed by atoms with van der Waals surface area (Å²) in [7, 11) is 0. The first kappa shape index (κ1) is 22.9. The van der Waals surface area contributed by atoms with Crippen molar-refractivity contribution in [2.45, 2.75) is 98.3 Å². The largest absolute Gasteiger partial charge is 0.481 e. The Morgan fingerprint density at radius 2 is 1.21 bits per heavy atom. The van der Waals surface area contributed by atoms with E-state index in [9.17, 15) is 14.7 Å². The Kier molecular flexibility index (Phi) is 11.8. The summed E-state index contributed by atoms with van der Waals surface area (Å²) < 4.78 is 0. The van der Waals surface area contributed by atoms with Crippen LogP contribution in [-0.4, -0.2) is 22.2 Å². The van der Waals surface area contributed by atoms with Crippen LogP contribution in [0.4, 0.5) is 0 Å². The lowest BCUT2D eigenvalue weighted by molar-refractivity contribution is -0.151. The minimum absolute atomic E-state index is 0.238. The molecule has 0 heterocycles. The average molecular weight is 343 g/mol. The first-order valence-corrected chi connectivity index (χ1v) is 9.65. The normalized spacial score (nSPS) is 12.1. The van der Waals surface area contributed by atoms with Crippen molar-refractivity contribution in [2.75, 3.05) is 0 Å². The summed E-state index contributed by atoms with van der Waals surface area (Å²) in [5.74, 6) is -0.311. The van der Waals surface area contributed by atoms with Gasteiger partial charge in [-0.05, 0) is 50.4 Å². The van der Waals surface area contributed by atoms with Gasteiger partial charge in [0.15, 0.2) is 0 Å². The second-order valence-corrected chi connectivity index (χ2v) is 8.11. The van der Waals surface area contributed by atoms with Gasteiger partial charge in [-0.1, -0.05) is 53.4 Å². The van der Waals surface area contributed by atoms with Crippen molar-refractivity contribution < 1.29 is 19.8 Å². The van der Waals surface area contributed by atoms with Gasteiger partial charge in [0.1, 0.15) is 0 Å². The molecule has 0 radical (unpaired) electrons. The van der Waals surface area contributed by atoms with Crippen molar-refractivity contribution in [3.05, 3.63) is 0 Å². The fourth-order valence-corrected chi connectivity index (χ4v) is 3.10. The molecule has 24 heavy (non-hydrogen) atoms. The third-order valence-corrected chi connectivity index (χ3v) is 4.90. The molecule has 4 heteroatoms. The molecule has 0 aliphatic rings. The maximum atomic E-state index is 12.0. The van der Waals surface area contributed by atoms with Crippen LogP contribution in [-0.2, 0) is 9.59 Å². The van der Waals surface area contributed by atoms with Crippen molar-refractivity contribution in [1.29, 1.82) is 0 Å². The van der Waals surface area contributed by atoms with E-state index in [1.165, 1.54) is 0 Å². The van der Waals surface area contributed by atoms with Gasteiger partial charge in [0.05, 0.1) is 5.41 Å². The topological polar surface area (TPSA) is 74.6 Å². The van der Waals surface area contributed by atoms with Gasteiger partial charge in [-0.25, -0.2) is 0 Å². The van der Waals surface area contributed by atoms with Crippen LogP contribution in [0.15, 0.2) is 0 Å². The molecule has 0 atom stereocenters. The van der Waals surface area contributed by atoms with Crippen molar-refractivity contribution in [3.8, 4) is 0 Å². The number of rotatable bonds is 15. The van der Waals surface area contributed by atoms with Crippen LogP contribution in [0.5, 0.6) is 0 Å². The van der Waals surface area contributed by atoms with Crippen LogP contribution >= 0.6 is 0 Å². The second-order valence-electron chi connectivity index (χ2n) is 8.11. The Morgan fingerprint density at radius 1 is 0.750 bits per heavy atom. The number of hydrogen-bond acceptors (Lipinski definition) is 2. The van der Waals surface area contributed by atoms with E-state index in [1.807, 2.05) is 0 Å². The van der Waals surface area contributed by atoms with Gasteiger partial charge in [-0.15, -0.1) is 0 Å². The number of unbranched alkanes of at least 4 members (excludes halogenated alkanes) is 4. The van der Waals surface area contributed by atoms with E-state index in [-0.39, 0.29) is 6.42 Å². The zero-order chi connectivity index (χ0) is 18.6. The molecule has 0 saturated heterocycles. The molecule has 0 aromatic rings. The number of carboxylic acid groups (broad SMARTS) is 2. The zero-order valence-electron chi connectivity index (χ0n) is 16.1. The molecule has 0 rings (SSSR count). The maximum absolute atomic E-state index is 12.0. The van der Waals surface area contributed by atoms with E-state index < -0.39 is 17.4 Å². The number of carbonyl (C=O) groups is 2. The minimum atomic E-state index is -0.734. The Balaban J connectivity index is 4.45. The van der Waals surface area contributed by atoms with Crippen LogP contribution in [0.1, 0.15) is 98.3 Å². The van der Waals surface area contributed by atoms with Crippen LogP contribution in [0.25, 0.3) is 0 Å². The first-order valence-electron chi connectivity index (χ1n) is 9.65. The summed E-state index contributed by atoms with van der Waals surface area (Å²) in [6.07, 6.45) is 9.02. The Morgan fingerprint density at radius 3 is 1.62 bits per heavy atom. The highest BCUT2D eigenvalue weighted by atomic mass is 16.4. The Labute approximate surface area is 148 Å². The zero-order valence-corrected chi connectivity index (χ0v) is 16.1. The number of hydrogen-bond donors (Lipinski definition) is 2. The number of carboxylic acids is 2. The van der Waals surface area contributed by atoms with Crippen molar-refractivity contribution in [2.24, 2.45) is 17.3 Å². The molecule has 0 amide bonds. The second kappa shape index (κ2) is 12.3. The maximum Gasteiger partial charge on any atom is 0.309 e. The summed E-state index contributed by atoms with van der Waals surface area (Å²) in [6.45, 7) is 8.60. The van der Waals surface area contributed by atoms with Crippen molar-refractivity contribution in [3.63, 3.8) is 0 Å².